The van der Waals surface area contributed by atoms with E-state index in [1.54, 1.807) is 18.3 Å². The van der Waals surface area contributed by atoms with Gasteiger partial charge in [-0.25, -0.2) is 14.8 Å². The SMILES string of the molecule is C=C(NC(=O)c1csc(-c2ccc(N)nc2)n1)C(=O)NC(=C)C(=O)OC. The number of nitrogens with two attached hydrogens (primary N) is 1. The minimum Gasteiger partial charge on any atom is -0.464 e. The van der Waals surface area contributed by atoms with Crippen molar-refractivity contribution in [2.24, 2.45) is 0 Å². The van der Waals surface area contributed by atoms with Crippen molar-refractivity contribution in [3.8, 4) is 10.6 Å². The van der Waals surface area contributed by atoms with Gasteiger partial charge in [0.15, 0.2) is 0 Å². The van der Waals surface area contributed by atoms with Crippen LogP contribution >= 0.6 is 11.3 Å². The summed E-state index contributed by atoms with van der Waals surface area (Å²) in [6.07, 6.45) is 1.54. The van der Waals surface area contributed by atoms with Gasteiger partial charge >= 0.3 is 5.97 Å². The van der Waals surface area contributed by atoms with Gasteiger partial charge in [0, 0.05) is 17.1 Å². The third-order valence-electron chi connectivity index (χ3n) is 3.00. The molecule has 0 fully saturated rings. The van der Waals surface area contributed by atoms with Gasteiger partial charge in [0.1, 0.15) is 22.2 Å². The Morgan fingerprint density at radius 3 is 2.54 bits per heavy atom. The van der Waals surface area contributed by atoms with Gasteiger partial charge in [-0.15, -0.1) is 11.3 Å². The van der Waals surface area contributed by atoms with E-state index in [-0.39, 0.29) is 17.1 Å². The summed E-state index contributed by atoms with van der Waals surface area (Å²) < 4.78 is 4.40. The van der Waals surface area contributed by atoms with Crippen molar-refractivity contribution in [3.63, 3.8) is 0 Å². The topological polar surface area (TPSA) is 136 Å². The molecule has 2 amide bonds. The number of nitrogens with one attached hydrogen (secondary N) is 2. The van der Waals surface area contributed by atoms with Crippen LogP contribution in [0, 0.1) is 0 Å². The molecular formula is C16H15N5O4S. The summed E-state index contributed by atoms with van der Waals surface area (Å²) in [4.78, 5) is 43.4. The summed E-state index contributed by atoms with van der Waals surface area (Å²) in [5.74, 6) is -1.86. The Kier molecular flexibility index (Phi) is 5.81. The molecule has 134 valence electrons. The van der Waals surface area contributed by atoms with Crippen molar-refractivity contribution in [2.45, 2.75) is 0 Å². The number of amides is 2. The van der Waals surface area contributed by atoms with Gasteiger partial charge < -0.3 is 21.1 Å². The molecule has 0 atom stereocenters. The molecule has 0 bridgehead atoms. The average molecular weight is 373 g/mol. The molecule has 26 heavy (non-hydrogen) atoms. The van der Waals surface area contributed by atoms with E-state index < -0.39 is 17.8 Å². The van der Waals surface area contributed by atoms with E-state index in [1.165, 1.54) is 16.7 Å². The second-order valence-corrected chi connectivity index (χ2v) is 5.72. The summed E-state index contributed by atoms with van der Waals surface area (Å²) in [5.41, 5.74) is 5.78. The predicted molar refractivity (Wildman–Crippen MR) is 95.7 cm³/mol. The number of pyridine rings is 1. The van der Waals surface area contributed by atoms with Crippen molar-refractivity contribution in [2.75, 3.05) is 12.8 Å². The molecule has 4 N–H and O–H groups in total. The lowest BCUT2D eigenvalue weighted by Gasteiger charge is -2.09. The lowest BCUT2D eigenvalue weighted by Crippen LogP contribution is -2.35. The fourth-order valence-corrected chi connectivity index (χ4v) is 2.48. The maximum Gasteiger partial charge on any atom is 0.353 e. The van der Waals surface area contributed by atoms with E-state index in [0.717, 1.165) is 7.11 Å². The summed E-state index contributed by atoms with van der Waals surface area (Å²) in [6.45, 7) is 6.79. The fraction of sp³-hybridized carbons (Fsp3) is 0.0625. The van der Waals surface area contributed by atoms with Crippen LogP contribution < -0.4 is 16.4 Å². The monoisotopic (exact) mass is 373 g/mol. The Bertz CT molecular complexity index is 888. The van der Waals surface area contributed by atoms with E-state index >= 15 is 0 Å². The van der Waals surface area contributed by atoms with Crippen LogP contribution in [0.25, 0.3) is 10.6 Å². The van der Waals surface area contributed by atoms with E-state index in [4.69, 9.17) is 5.73 Å². The first-order valence-electron chi connectivity index (χ1n) is 7.08. The number of hydrogen-bond donors (Lipinski definition) is 3. The van der Waals surface area contributed by atoms with Crippen LogP contribution in [0.3, 0.4) is 0 Å². The second-order valence-electron chi connectivity index (χ2n) is 4.87. The van der Waals surface area contributed by atoms with Crippen LogP contribution in [0.5, 0.6) is 0 Å². The van der Waals surface area contributed by atoms with Gasteiger partial charge in [0.2, 0.25) is 0 Å². The van der Waals surface area contributed by atoms with Gasteiger partial charge in [-0.05, 0) is 12.1 Å². The molecule has 0 radical (unpaired) electrons. The van der Waals surface area contributed by atoms with Gasteiger partial charge in [0.25, 0.3) is 11.8 Å². The summed E-state index contributed by atoms with van der Waals surface area (Å²) in [6, 6.07) is 3.35. The molecule has 0 aliphatic carbocycles. The molecule has 0 aromatic carbocycles. The molecule has 10 heteroatoms. The number of hydrogen-bond acceptors (Lipinski definition) is 8. The van der Waals surface area contributed by atoms with Gasteiger partial charge in [-0.3, -0.25) is 9.59 Å². The van der Waals surface area contributed by atoms with Crippen LogP contribution in [0.2, 0.25) is 0 Å². The van der Waals surface area contributed by atoms with Crippen LogP contribution in [-0.4, -0.2) is 34.9 Å². The number of anilines is 1. The van der Waals surface area contributed by atoms with Crippen molar-refractivity contribution in [1.82, 2.24) is 20.6 Å². The first-order chi connectivity index (χ1) is 12.3. The number of nitrogens with zero attached hydrogens (tertiary/aromatic N) is 2. The molecule has 2 heterocycles. The predicted octanol–water partition coefficient (Wildman–Crippen LogP) is 0.834. The van der Waals surface area contributed by atoms with Crippen LogP contribution in [-0.2, 0) is 14.3 Å². The number of nitrogen functional groups attached to an aromatic ring is 1. The van der Waals surface area contributed by atoms with Crippen molar-refractivity contribution in [3.05, 3.63) is 54.0 Å². The Morgan fingerprint density at radius 2 is 1.92 bits per heavy atom. The highest BCUT2D eigenvalue weighted by Crippen LogP contribution is 2.23. The molecule has 0 aliphatic heterocycles. The number of methoxy groups -OCH3 is 1. The quantitative estimate of drug-likeness (QED) is 0.504. The molecule has 0 aliphatic rings. The number of carbonyl (C=O) groups is 3. The zero-order valence-electron chi connectivity index (χ0n) is 13.7. The first-order valence-corrected chi connectivity index (χ1v) is 7.96. The van der Waals surface area contributed by atoms with Crippen LogP contribution in [0.4, 0.5) is 5.82 Å². The molecule has 9 nitrogen and oxygen atoms in total. The lowest BCUT2D eigenvalue weighted by atomic mass is 10.3. The molecule has 0 spiro atoms. The summed E-state index contributed by atoms with van der Waals surface area (Å²) in [5, 5.41) is 6.56. The van der Waals surface area contributed by atoms with Crippen molar-refractivity contribution >= 4 is 34.9 Å². The number of thiazole rings is 1. The molecular weight excluding hydrogens is 358 g/mol. The molecule has 2 rings (SSSR count). The number of carbonyl (C=O) groups excluding carboxylic acids is 3. The molecule has 0 saturated carbocycles. The number of rotatable bonds is 6. The summed E-state index contributed by atoms with van der Waals surface area (Å²) in [7, 11) is 1.15. The lowest BCUT2D eigenvalue weighted by molar-refractivity contribution is -0.137. The van der Waals surface area contributed by atoms with Gasteiger partial charge in [-0.1, -0.05) is 13.2 Å². The minimum absolute atomic E-state index is 0.0996. The Balaban J connectivity index is 2.00. The third-order valence-corrected chi connectivity index (χ3v) is 3.90. The summed E-state index contributed by atoms with van der Waals surface area (Å²) >= 11 is 1.23. The average Bonchev–Trinajstić information content (AvgIpc) is 3.11. The van der Waals surface area contributed by atoms with Gasteiger partial charge in [0.05, 0.1) is 12.8 Å². The maximum absolute atomic E-state index is 12.2. The smallest absolute Gasteiger partial charge is 0.353 e. The molecule has 0 saturated heterocycles. The number of esters is 1. The number of aromatic nitrogens is 2. The van der Waals surface area contributed by atoms with E-state index in [0.29, 0.717) is 16.4 Å². The van der Waals surface area contributed by atoms with E-state index in [2.05, 4.69) is 38.5 Å². The fourth-order valence-electron chi connectivity index (χ4n) is 1.69. The maximum atomic E-state index is 12.2. The minimum atomic E-state index is -0.807. The second kappa shape index (κ2) is 8.03. The standard InChI is InChI=1S/C16H15N5O4S/c1-8(13(22)20-9(2)16(24)25-3)19-14(23)11-7-26-15(21-11)10-4-5-12(17)18-6-10/h4-7H,1-2H2,3H3,(H2,17,18)(H,19,23)(H,20,22). The Hall–Kier alpha value is -3.53. The van der Waals surface area contributed by atoms with E-state index in [1.807, 2.05) is 0 Å². The first kappa shape index (κ1) is 18.8. The Morgan fingerprint density at radius 1 is 1.19 bits per heavy atom. The van der Waals surface area contributed by atoms with Crippen molar-refractivity contribution < 1.29 is 19.1 Å². The van der Waals surface area contributed by atoms with E-state index in [9.17, 15) is 14.4 Å². The largest absolute Gasteiger partial charge is 0.464 e. The zero-order valence-corrected chi connectivity index (χ0v) is 14.6. The van der Waals surface area contributed by atoms with Crippen LogP contribution in [0.1, 0.15) is 10.5 Å². The van der Waals surface area contributed by atoms with Crippen LogP contribution in [0.15, 0.2) is 48.3 Å². The molecule has 0 unspecified atom stereocenters. The Labute approximate surface area is 152 Å². The normalized spacial score (nSPS) is 9.88. The van der Waals surface area contributed by atoms with Crippen molar-refractivity contribution in [1.29, 1.82) is 0 Å². The molecule has 2 aromatic heterocycles. The zero-order chi connectivity index (χ0) is 19.3. The number of ether oxygens (including phenoxy) is 1. The highest BCUT2D eigenvalue weighted by molar-refractivity contribution is 7.13. The highest BCUT2D eigenvalue weighted by atomic mass is 32.1. The third kappa shape index (κ3) is 4.51. The molecule has 2 aromatic rings. The van der Waals surface area contributed by atoms with Gasteiger partial charge in [-0.2, -0.15) is 0 Å². The highest BCUT2D eigenvalue weighted by Gasteiger charge is 2.18.